The molecular formula is C23H28N2O6. The lowest BCUT2D eigenvalue weighted by Crippen LogP contribution is -2.65. The third-order valence-electron chi connectivity index (χ3n) is 7.78. The minimum Gasteiger partial charge on any atom is -0.480 e. The van der Waals surface area contributed by atoms with Gasteiger partial charge in [0.15, 0.2) is 23.4 Å². The first-order valence-corrected chi connectivity index (χ1v) is 11.0. The normalized spacial score (nSPS) is 31.6. The van der Waals surface area contributed by atoms with Crippen molar-refractivity contribution in [3.05, 3.63) is 23.3 Å². The lowest BCUT2D eigenvalue weighted by atomic mass is 9.52. The minimum atomic E-state index is -1.12. The molecule has 8 nitrogen and oxygen atoms in total. The molecule has 0 radical (unpaired) electrons. The summed E-state index contributed by atoms with van der Waals surface area (Å²) >= 11 is 0. The van der Waals surface area contributed by atoms with Crippen LogP contribution in [0.3, 0.4) is 0 Å². The number of nitrogens with one attached hydrogen (secondary N) is 1. The van der Waals surface area contributed by atoms with Crippen molar-refractivity contribution in [3.8, 4) is 11.5 Å². The number of ether oxygens (including phenoxy) is 2. The van der Waals surface area contributed by atoms with Gasteiger partial charge in [-0.25, -0.2) is 9.59 Å². The van der Waals surface area contributed by atoms with Gasteiger partial charge in [0.05, 0.1) is 0 Å². The number of carboxylic acids is 1. The van der Waals surface area contributed by atoms with Crippen molar-refractivity contribution in [2.24, 2.45) is 11.8 Å². The van der Waals surface area contributed by atoms with Gasteiger partial charge in [-0.15, -0.1) is 0 Å². The van der Waals surface area contributed by atoms with Crippen molar-refractivity contribution in [2.45, 2.75) is 63.1 Å². The van der Waals surface area contributed by atoms with Gasteiger partial charge >= 0.3 is 12.1 Å². The van der Waals surface area contributed by atoms with E-state index in [9.17, 15) is 19.5 Å². The summed E-state index contributed by atoms with van der Waals surface area (Å²) in [7, 11) is 2.15. The van der Waals surface area contributed by atoms with Crippen LogP contribution >= 0.6 is 0 Å². The smallest absolute Gasteiger partial charge is 0.413 e. The molecule has 0 aromatic heterocycles. The SMILES string of the molecule is CC(C)C(NC(=O)Oc1ccc2c3c1O[C@H]1C(=O)CCC4C(C2)N(C)CCC341)C(=O)O. The second-order valence-corrected chi connectivity index (χ2v) is 9.67. The molecule has 4 unspecified atom stereocenters. The molecule has 5 atom stereocenters. The first-order valence-electron chi connectivity index (χ1n) is 11.0. The van der Waals surface area contributed by atoms with Crippen LogP contribution in [0.1, 0.15) is 44.2 Å². The molecule has 1 amide bonds. The number of rotatable bonds is 4. The van der Waals surface area contributed by atoms with Gasteiger partial charge in [-0.2, -0.15) is 0 Å². The van der Waals surface area contributed by atoms with Crippen LogP contribution in [-0.4, -0.2) is 59.6 Å². The molecule has 31 heavy (non-hydrogen) atoms. The fourth-order valence-electron chi connectivity index (χ4n) is 6.36. The lowest BCUT2D eigenvalue weighted by Gasteiger charge is -2.57. The number of hydrogen-bond acceptors (Lipinski definition) is 6. The van der Waals surface area contributed by atoms with Crippen LogP contribution < -0.4 is 14.8 Å². The summed E-state index contributed by atoms with van der Waals surface area (Å²) in [5.41, 5.74) is 1.83. The van der Waals surface area contributed by atoms with E-state index in [1.54, 1.807) is 19.9 Å². The predicted molar refractivity (Wildman–Crippen MR) is 110 cm³/mol. The molecule has 166 valence electrons. The number of hydrogen-bond donors (Lipinski definition) is 2. The van der Waals surface area contributed by atoms with Crippen LogP contribution in [0.4, 0.5) is 4.79 Å². The van der Waals surface area contributed by atoms with E-state index in [0.717, 1.165) is 36.9 Å². The second kappa shape index (κ2) is 6.95. The van der Waals surface area contributed by atoms with Crippen LogP contribution in [0.2, 0.25) is 0 Å². The van der Waals surface area contributed by atoms with Gasteiger partial charge in [-0.1, -0.05) is 19.9 Å². The first kappa shape index (κ1) is 20.3. The number of nitrogens with zero attached hydrogens (tertiary/aromatic N) is 1. The number of carboxylic acid groups (broad SMARTS) is 1. The van der Waals surface area contributed by atoms with Gasteiger partial charge in [-0.05, 0) is 56.3 Å². The predicted octanol–water partition coefficient (Wildman–Crippen LogP) is 2.12. The van der Waals surface area contributed by atoms with Gasteiger partial charge in [0.2, 0.25) is 0 Å². The van der Waals surface area contributed by atoms with Crippen LogP contribution in [0.25, 0.3) is 0 Å². The molecule has 8 heteroatoms. The molecule has 1 aromatic carbocycles. The number of amides is 1. The topological polar surface area (TPSA) is 105 Å². The number of piperidine rings is 1. The molecule has 5 rings (SSSR count). The summed E-state index contributed by atoms with van der Waals surface area (Å²) in [4.78, 5) is 39.2. The van der Waals surface area contributed by atoms with Gasteiger partial charge < -0.3 is 24.8 Å². The van der Waals surface area contributed by atoms with E-state index in [0.29, 0.717) is 24.1 Å². The summed E-state index contributed by atoms with van der Waals surface area (Å²) in [6, 6.07) is 2.99. The van der Waals surface area contributed by atoms with Crippen molar-refractivity contribution in [2.75, 3.05) is 13.6 Å². The monoisotopic (exact) mass is 428 g/mol. The number of ketones is 1. The van der Waals surface area contributed by atoms with Crippen molar-refractivity contribution in [3.63, 3.8) is 0 Å². The number of likely N-dealkylation sites (tertiary alicyclic amines) is 1. The Kier molecular flexibility index (Phi) is 4.55. The quantitative estimate of drug-likeness (QED) is 0.757. The Morgan fingerprint density at radius 2 is 2.13 bits per heavy atom. The molecule has 1 saturated carbocycles. The largest absolute Gasteiger partial charge is 0.480 e. The van der Waals surface area contributed by atoms with Gasteiger partial charge in [0.1, 0.15) is 6.04 Å². The van der Waals surface area contributed by atoms with E-state index in [1.165, 1.54) is 0 Å². The molecular weight excluding hydrogens is 400 g/mol. The molecule has 4 aliphatic rings. The molecule has 1 saturated heterocycles. The zero-order valence-corrected chi connectivity index (χ0v) is 18.0. The highest BCUT2D eigenvalue weighted by Crippen LogP contribution is 2.63. The zero-order valence-electron chi connectivity index (χ0n) is 18.0. The summed E-state index contributed by atoms with van der Waals surface area (Å²) < 4.78 is 11.8. The zero-order chi connectivity index (χ0) is 22.1. The Morgan fingerprint density at radius 1 is 1.35 bits per heavy atom. The molecule has 2 N–H and O–H groups in total. The number of carbonyl (C=O) groups is 3. The van der Waals surface area contributed by atoms with Crippen LogP contribution in [0.15, 0.2) is 12.1 Å². The molecule has 2 bridgehead atoms. The molecule has 2 aliphatic heterocycles. The van der Waals surface area contributed by atoms with Gasteiger partial charge in [0, 0.05) is 23.4 Å². The molecule has 2 fully saturated rings. The Labute approximate surface area is 180 Å². The minimum absolute atomic E-state index is 0.116. The highest BCUT2D eigenvalue weighted by molar-refractivity contribution is 5.89. The van der Waals surface area contributed by atoms with E-state index in [4.69, 9.17) is 9.47 Å². The Balaban J connectivity index is 1.52. The number of carbonyl (C=O) groups excluding carboxylic acids is 2. The maximum absolute atomic E-state index is 12.9. The van der Waals surface area contributed by atoms with Gasteiger partial charge in [0.25, 0.3) is 0 Å². The third kappa shape index (κ3) is 2.80. The summed E-state index contributed by atoms with van der Waals surface area (Å²) in [6.45, 7) is 4.33. The maximum Gasteiger partial charge on any atom is 0.413 e. The standard InChI is InChI=1S/C23H28N2O6/c1-11(2)18(21(27)28)24-22(29)30-16-7-4-12-10-14-13-5-6-15(26)20-23(13,8-9-25(14)3)17(12)19(16)31-20/h4,7,11,13-14,18,20H,5-6,8-10H2,1-3H3,(H,24,29)(H,27,28)/t13?,14?,18?,20-,23?/m0/s1. The fraction of sp³-hybridized carbons (Fsp3) is 0.609. The Morgan fingerprint density at radius 3 is 2.84 bits per heavy atom. The third-order valence-corrected chi connectivity index (χ3v) is 7.78. The average Bonchev–Trinajstić information content (AvgIpc) is 3.07. The molecule has 2 heterocycles. The highest BCUT2D eigenvalue weighted by atomic mass is 16.6. The summed E-state index contributed by atoms with van der Waals surface area (Å²) in [5, 5.41) is 11.8. The second-order valence-electron chi connectivity index (χ2n) is 9.67. The number of aliphatic carboxylic acids is 1. The van der Waals surface area contributed by atoms with Crippen molar-refractivity contribution < 1.29 is 29.0 Å². The lowest BCUT2D eigenvalue weighted by molar-refractivity contribution is -0.140. The Hall–Kier alpha value is -2.61. The van der Waals surface area contributed by atoms with Crippen molar-refractivity contribution in [1.82, 2.24) is 10.2 Å². The van der Waals surface area contributed by atoms with Crippen molar-refractivity contribution in [1.29, 1.82) is 0 Å². The number of Topliss-reactive ketones (excluding diaryl/α,β-unsaturated/α-hetero) is 1. The molecule has 2 aliphatic carbocycles. The van der Waals surface area contributed by atoms with E-state index < -0.39 is 24.2 Å². The van der Waals surface area contributed by atoms with Crippen LogP contribution in [-0.2, 0) is 21.4 Å². The fourth-order valence-corrected chi connectivity index (χ4v) is 6.36. The maximum atomic E-state index is 12.9. The highest BCUT2D eigenvalue weighted by Gasteiger charge is 2.65. The number of likely N-dealkylation sites (N-methyl/N-ethyl adjacent to an activating group) is 1. The molecule has 1 aromatic rings. The molecule has 1 spiro atoms. The van der Waals surface area contributed by atoms with E-state index in [1.807, 2.05) is 6.07 Å². The van der Waals surface area contributed by atoms with Crippen LogP contribution in [0, 0.1) is 11.8 Å². The van der Waals surface area contributed by atoms with E-state index >= 15 is 0 Å². The van der Waals surface area contributed by atoms with E-state index in [-0.39, 0.29) is 22.9 Å². The van der Waals surface area contributed by atoms with E-state index in [2.05, 4.69) is 17.3 Å². The Bertz CT molecular complexity index is 975. The summed E-state index contributed by atoms with van der Waals surface area (Å²) in [6.07, 6.45) is 1.71. The van der Waals surface area contributed by atoms with Gasteiger partial charge in [-0.3, -0.25) is 4.79 Å². The summed E-state index contributed by atoms with van der Waals surface area (Å²) in [5.74, 6) is -0.229. The first-order chi connectivity index (χ1) is 14.7. The number of benzene rings is 1. The average molecular weight is 428 g/mol. The van der Waals surface area contributed by atoms with Crippen molar-refractivity contribution >= 4 is 17.8 Å². The van der Waals surface area contributed by atoms with Crippen LogP contribution in [0.5, 0.6) is 11.5 Å².